The van der Waals surface area contributed by atoms with Gasteiger partial charge in [-0.3, -0.25) is 4.90 Å². The molecular weight excluding hydrogens is 272 g/mol. The molecule has 0 bridgehead atoms. The minimum absolute atomic E-state index is 0.477. The lowest BCUT2D eigenvalue weighted by Gasteiger charge is -2.34. The Morgan fingerprint density at radius 3 is 2.56 bits per heavy atom. The predicted octanol–water partition coefficient (Wildman–Crippen LogP) is 0.359. The van der Waals surface area contributed by atoms with Crippen molar-refractivity contribution < 1.29 is 13.5 Å². The molecule has 0 saturated carbocycles. The average Bonchev–Trinajstić information content (AvgIpc) is 2.82. The van der Waals surface area contributed by atoms with E-state index >= 15 is 0 Å². The van der Waals surface area contributed by atoms with Crippen LogP contribution in [0.2, 0.25) is 0 Å². The van der Waals surface area contributed by atoms with Crippen LogP contribution in [0.15, 0.2) is 17.5 Å². The van der Waals surface area contributed by atoms with Gasteiger partial charge in [0.05, 0.1) is 6.26 Å². The van der Waals surface area contributed by atoms with Gasteiger partial charge in [0.1, 0.15) is 6.10 Å². The van der Waals surface area contributed by atoms with Gasteiger partial charge in [-0.2, -0.15) is 4.31 Å². The Labute approximate surface area is 112 Å². The van der Waals surface area contributed by atoms with Crippen molar-refractivity contribution in [2.24, 2.45) is 0 Å². The highest BCUT2D eigenvalue weighted by Gasteiger charge is 2.24. The van der Waals surface area contributed by atoms with Gasteiger partial charge in [-0.1, -0.05) is 6.07 Å². The fourth-order valence-corrected chi connectivity index (χ4v) is 3.59. The van der Waals surface area contributed by atoms with Crippen molar-refractivity contribution in [2.45, 2.75) is 6.10 Å². The fraction of sp³-hybridized carbons (Fsp3) is 0.636. The summed E-state index contributed by atoms with van der Waals surface area (Å²) in [5, 5.41) is 12.0. The molecule has 1 aliphatic heterocycles. The average molecular weight is 290 g/mol. The lowest BCUT2D eigenvalue weighted by molar-refractivity contribution is 0.0944. The molecule has 1 fully saturated rings. The molecule has 2 rings (SSSR count). The van der Waals surface area contributed by atoms with Gasteiger partial charge in [0, 0.05) is 37.6 Å². The van der Waals surface area contributed by atoms with Crippen LogP contribution in [0, 0.1) is 0 Å². The molecule has 5 nitrogen and oxygen atoms in total. The van der Waals surface area contributed by atoms with E-state index in [1.54, 1.807) is 11.3 Å². The Bertz CT molecular complexity index is 464. The van der Waals surface area contributed by atoms with E-state index in [-0.39, 0.29) is 0 Å². The van der Waals surface area contributed by atoms with Gasteiger partial charge in [0.25, 0.3) is 0 Å². The van der Waals surface area contributed by atoms with E-state index in [0.29, 0.717) is 32.7 Å². The molecular formula is C11H18N2O3S2. The second-order valence-electron chi connectivity index (χ2n) is 4.49. The first-order valence-corrected chi connectivity index (χ1v) is 8.58. The summed E-state index contributed by atoms with van der Waals surface area (Å²) in [6.45, 7) is 2.94. The van der Waals surface area contributed by atoms with Crippen LogP contribution >= 0.6 is 11.3 Å². The summed E-state index contributed by atoms with van der Waals surface area (Å²) in [4.78, 5) is 3.06. The van der Waals surface area contributed by atoms with Crippen LogP contribution in [0.25, 0.3) is 0 Å². The number of aliphatic hydroxyl groups is 1. The maximum atomic E-state index is 11.4. The Morgan fingerprint density at radius 2 is 2.06 bits per heavy atom. The zero-order chi connectivity index (χ0) is 13.2. The second-order valence-corrected chi connectivity index (χ2v) is 7.46. The lowest BCUT2D eigenvalue weighted by Crippen LogP contribution is -2.49. The molecule has 0 aliphatic carbocycles. The molecule has 0 unspecified atom stereocenters. The van der Waals surface area contributed by atoms with Gasteiger partial charge in [0.15, 0.2) is 0 Å². The summed E-state index contributed by atoms with van der Waals surface area (Å²) in [6, 6.07) is 3.84. The predicted molar refractivity (Wildman–Crippen MR) is 72.1 cm³/mol. The second kappa shape index (κ2) is 5.66. The van der Waals surface area contributed by atoms with E-state index in [4.69, 9.17) is 0 Å². The third-order valence-corrected chi connectivity index (χ3v) is 5.38. The van der Waals surface area contributed by atoms with E-state index in [1.807, 2.05) is 17.5 Å². The number of thiophene rings is 1. The van der Waals surface area contributed by atoms with Crippen molar-refractivity contribution in [1.82, 2.24) is 9.21 Å². The standard InChI is InChI=1S/C11H18N2O3S2/c1-18(15,16)13-6-4-12(5-7-13)9-10(14)11-3-2-8-17-11/h2-3,8,10,14H,4-7,9H2,1H3/t10-/m0/s1. The molecule has 1 N–H and O–H groups in total. The summed E-state index contributed by atoms with van der Waals surface area (Å²) >= 11 is 1.54. The number of aliphatic hydroxyl groups excluding tert-OH is 1. The van der Waals surface area contributed by atoms with Gasteiger partial charge < -0.3 is 5.11 Å². The quantitative estimate of drug-likeness (QED) is 0.870. The van der Waals surface area contributed by atoms with Crippen molar-refractivity contribution in [1.29, 1.82) is 0 Å². The molecule has 0 aromatic carbocycles. The van der Waals surface area contributed by atoms with E-state index < -0.39 is 16.1 Å². The molecule has 2 heterocycles. The number of hydrogen-bond acceptors (Lipinski definition) is 5. The van der Waals surface area contributed by atoms with Crippen molar-refractivity contribution >= 4 is 21.4 Å². The molecule has 1 aromatic heterocycles. The Kier molecular flexibility index (Phi) is 4.39. The maximum Gasteiger partial charge on any atom is 0.211 e. The number of hydrogen-bond donors (Lipinski definition) is 1. The molecule has 0 spiro atoms. The molecule has 1 aliphatic rings. The van der Waals surface area contributed by atoms with Crippen molar-refractivity contribution in [3.63, 3.8) is 0 Å². The van der Waals surface area contributed by atoms with E-state index in [0.717, 1.165) is 4.88 Å². The van der Waals surface area contributed by atoms with Crippen LogP contribution < -0.4 is 0 Å². The first-order valence-electron chi connectivity index (χ1n) is 5.86. The van der Waals surface area contributed by atoms with Crippen LogP contribution in [-0.2, 0) is 10.0 Å². The van der Waals surface area contributed by atoms with E-state index in [1.165, 1.54) is 10.6 Å². The molecule has 0 amide bonds. The van der Waals surface area contributed by atoms with Crippen LogP contribution in [-0.4, -0.2) is 61.7 Å². The zero-order valence-corrected chi connectivity index (χ0v) is 12.0. The summed E-state index contributed by atoms with van der Waals surface area (Å²) in [5.74, 6) is 0. The lowest BCUT2D eigenvalue weighted by atomic mass is 10.2. The largest absolute Gasteiger partial charge is 0.386 e. The van der Waals surface area contributed by atoms with Gasteiger partial charge >= 0.3 is 0 Å². The van der Waals surface area contributed by atoms with Crippen LogP contribution in [0.5, 0.6) is 0 Å². The molecule has 0 radical (unpaired) electrons. The fourth-order valence-electron chi connectivity index (χ4n) is 2.06. The minimum Gasteiger partial charge on any atom is -0.386 e. The van der Waals surface area contributed by atoms with Gasteiger partial charge in [0.2, 0.25) is 10.0 Å². The third-order valence-electron chi connectivity index (χ3n) is 3.10. The molecule has 1 atom stereocenters. The van der Waals surface area contributed by atoms with E-state index in [2.05, 4.69) is 4.90 Å². The first-order chi connectivity index (χ1) is 8.47. The summed E-state index contributed by atoms with van der Waals surface area (Å²) in [5.41, 5.74) is 0. The SMILES string of the molecule is CS(=O)(=O)N1CCN(C[C@H](O)c2cccs2)CC1. The topological polar surface area (TPSA) is 60.9 Å². The summed E-state index contributed by atoms with van der Waals surface area (Å²) in [7, 11) is -3.07. The number of rotatable bonds is 4. The molecule has 102 valence electrons. The highest BCUT2D eigenvalue weighted by Crippen LogP contribution is 2.20. The highest BCUT2D eigenvalue weighted by atomic mass is 32.2. The number of nitrogens with zero attached hydrogens (tertiary/aromatic N) is 2. The maximum absolute atomic E-state index is 11.4. The van der Waals surface area contributed by atoms with Gasteiger partial charge in [-0.25, -0.2) is 8.42 Å². The first kappa shape index (κ1) is 14.0. The monoisotopic (exact) mass is 290 g/mol. The molecule has 1 saturated heterocycles. The Morgan fingerprint density at radius 1 is 1.39 bits per heavy atom. The smallest absolute Gasteiger partial charge is 0.211 e. The van der Waals surface area contributed by atoms with Crippen molar-refractivity contribution in [3.05, 3.63) is 22.4 Å². The number of β-amino-alcohol motifs (C(OH)–C–C–N with tert-alkyl or cyclic N) is 1. The molecule has 7 heteroatoms. The van der Waals surface area contributed by atoms with Crippen LogP contribution in [0.3, 0.4) is 0 Å². The molecule has 1 aromatic rings. The van der Waals surface area contributed by atoms with Crippen LogP contribution in [0.4, 0.5) is 0 Å². The Balaban J connectivity index is 1.84. The summed E-state index contributed by atoms with van der Waals surface area (Å²) in [6.07, 6.45) is 0.762. The zero-order valence-electron chi connectivity index (χ0n) is 10.3. The highest BCUT2D eigenvalue weighted by molar-refractivity contribution is 7.88. The number of sulfonamides is 1. The molecule has 18 heavy (non-hydrogen) atoms. The van der Waals surface area contributed by atoms with E-state index in [9.17, 15) is 13.5 Å². The minimum atomic E-state index is -3.07. The van der Waals surface area contributed by atoms with Crippen molar-refractivity contribution in [3.8, 4) is 0 Å². The summed E-state index contributed by atoms with van der Waals surface area (Å²) < 4.78 is 24.2. The van der Waals surface area contributed by atoms with Crippen LogP contribution in [0.1, 0.15) is 11.0 Å². The normalized spacial score (nSPS) is 21.0. The van der Waals surface area contributed by atoms with Crippen molar-refractivity contribution in [2.75, 3.05) is 39.0 Å². The van der Waals surface area contributed by atoms with Gasteiger partial charge in [-0.05, 0) is 11.4 Å². The Hall–Kier alpha value is -0.470. The number of piperazine rings is 1. The third kappa shape index (κ3) is 3.52. The van der Waals surface area contributed by atoms with Gasteiger partial charge in [-0.15, -0.1) is 11.3 Å².